The van der Waals surface area contributed by atoms with Gasteiger partial charge in [0.1, 0.15) is 11.3 Å². The molecule has 0 saturated heterocycles. The molecule has 1 amide bonds. The summed E-state index contributed by atoms with van der Waals surface area (Å²) < 4.78 is 33.9. The molecule has 36 heavy (non-hydrogen) atoms. The van der Waals surface area contributed by atoms with Crippen LogP contribution in [0, 0.1) is 0 Å². The molecule has 194 valence electrons. The number of fused-ring (bicyclic) bond motifs is 1. The van der Waals surface area contributed by atoms with Gasteiger partial charge in [-0.15, -0.1) is 0 Å². The van der Waals surface area contributed by atoms with Crippen LogP contribution in [0.1, 0.15) is 44.0 Å². The second-order valence-electron chi connectivity index (χ2n) is 8.79. The van der Waals surface area contributed by atoms with Crippen molar-refractivity contribution < 1.29 is 17.9 Å². The van der Waals surface area contributed by atoms with Crippen LogP contribution >= 0.6 is 11.3 Å². The molecule has 0 atom stereocenters. The second kappa shape index (κ2) is 11.2. The molecular weight excluding hydrogens is 496 g/mol. The van der Waals surface area contributed by atoms with Gasteiger partial charge in [-0.3, -0.25) is 9.69 Å². The second-order valence-corrected chi connectivity index (χ2v) is 11.8. The SMILES string of the molecule is CCOc1cccc2sc(N(CCN(CC)CC)C(=O)c3ccc(S(=O)(=O)N(C)C4CC4)cc3)nc12. The van der Waals surface area contributed by atoms with Gasteiger partial charge in [0, 0.05) is 31.7 Å². The first kappa shape index (κ1) is 26.5. The molecule has 1 fully saturated rings. The van der Waals surface area contributed by atoms with Crippen LogP contribution in [0.25, 0.3) is 10.2 Å². The lowest BCUT2D eigenvalue weighted by molar-refractivity contribution is 0.0983. The molecule has 0 unspecified atom stereocenters. The number of carbonyl (C=O) groups excluding carboxylic acids is 1. The fourth-order valence-corrected chi connectivity index (χ4v) is 6.51. The topological polar surface area (TPSA) is 83.0 Å². The van der Waals surface area contributed by atoms with Gasteiger partial charge in [0.05, 0.1) is 16.2 Å². The van der Waals surface area contributed by atoms with E-state index in [-0.39, 0.29) is 16.8 Å². The summed E-state index contributed by atoms with van der Waals surface area (Å²) in [5, 5.41) is 0.597. The number of anilines is 1. The zero-order chi connectivity index (χ0) is 25.9. The maximum Gasteiger partial charge on any atom is 0.260 e. The minimum atomic E-state index is -3.57. The van der Waals surface area contributed by atoms with Crippen LogP contribution in [0.2, 0.25) is 0 Å². The average molecular weight is 531 g/mol. The molecule has 1 aromatic heterocycles. The van der Waals surface area contributed by atoms with Crippen molar-refractivity contribution in [1.82, 2.24) is 14.2 Å². The standard InChI is InChI=1S/C26H34N4O4S2/c1-5-29(6-2)17-18-30(26-27-24-22(34-7-3)9-8-10-23(24)35-26)25(31)19-11-15-21(16-12-19)36(32,33)28(4)20-13-14-20/h8-12,15-16,20H,5-7,13-14,17-18H2,1-4H3. The van der Waals surface area contributed by atoms with Crippen LogP contribution in [-0.2, 0) is 10.0 Å². The van der Waals surface area contributed by atoms with Crippen molar-refractivity contribution in [2.45, 2.75) is 44.6 Å². The molecule has 0 radical (unpaired) electrons. The van der Waals surface area contributed by atoms with E-state index in [1.807, 2.05) is 25.1 Å². The van der Waals surface area contributed by atoms with E-state index in [0.29, 0.717) is 36.1 Å². The Kier molecular flexibility index (Phi) is 8.29. The van der Waals surface area contributed by atoms with Crippen LogP contribution in [0.15, 0.2) is 47.4 Å². The predicted molar refractivity (Wildman–Crippen MR) is 145 cm³/mol. The maximum atomic E-state index is 13.7. The number of nitrogens with zero attached hydrogens (tertiary/aromatic N) is 4. The monoisotopic (exact) mass is 530 g/mol. The van der Waals surface area contributed by atoms with E-state index in [1.54, 1.807) is 24.1 Å². The smallest absolute Gasteiger partial charge is 0.260 e. The number of benzene rings is 2. The number of thiazole rings is 1. The van der Waals surface area contributed by atoms with E-state index in [0.717, 1.165) is 36.1 Å². The van der Waals surface area contributed by atoms with Crippen molar-refractivity contribution in [3.05, 3.63) is 48.0 Å². The minimum absolute atomic E-state index is 0.0764. The highest BCUT2D eigenvalue weighted by Gasteiger charge is 2.35. The summed E-state index contributed by atoms with van der Waals surface area (Å²) in [5.41, 5.74) is 1.16. The Morgan fingerprint density at radius 1 is 1.06 bits per heavy atom. The van der Waals surface area contributed by atoms with Crippen molar-refractivity contribution in [2.24, 2.45) is 0 Å². The van der Waals surface area contributed by atoms with E-state index < -0.39 is 10.0 Å². The molecule has 10 heteroatoms. The Balaban J connectivity index is 1.65. The maximum absolute atomic E-state index is 13.7. The third-order valence-corrected chi connectivity index (χ3v) is 9.49. The number of hydrogen-bond donors (Lipinski definition) is 0. The molecule has 2 aromatic carbocycles. The highest BCUT2D eigenvalue weighted by molar-refractivity contribution is 7.89. The molecule has 8 nitrogen and oxygen atoms in total. The first-order valence-corrected chi connectivity index (χ1v) is 14.7. The third-order valence-electron chi connectivity index (χ3n) is 6.52. The molecule has 0 aliphatic heterocycles. The van der Waals surface area contributed by atoms with Gasteiger partial charge in [-0.25, -0.2) is 13.4 Å². The normalized spacial score (nSPS) is 14.1. The number of ether oxygens (including phenoxy) is 1. The largest absolute Gasteiger partial charge is 0.492 e. The number of carbonyl (C=O) groups is 1. The summed E-state index contributed by atoms with van der Waals surface area (Å²) in [7, 11) is -1.95. The van der Waals surface area contributed by atoms with Crippen LogP contribution in [0.3, 0.4) is 0 Å². The summed E-state index contributed by atoms with van der Waals surface area (Å²) in [4.78, 5) is 22.7. The summed E-state index contributed by atoms with van der Waals surface area (Å²) >= 11 is 1.45. The number of amides is 1. The highest BCUT2D eigenvalue weighted by Crippen LogP contribution is 2.35. The number of sulfonamides is 1. The first-order chi connectivity index (χ1) is 17.3. The zero-order valence-electron chi connectivity index (χ0n) is 21.3. The van der Waals surface area contributed by atoms with Gasteiger partial charge in [-0.1, -0.05) is 31.3 Å². The lowest BCUT2D eigenvalue weighted by atomic mass is 10.2. The van der Waals surface area contributed by atoms with Gasteiger partial charge in [0.2, 0.25) is 10.0 Å². The average Bonchev–Trinajstić information content (AvgIpc) is 3.64. The molecule has 0 bridgehead atoms. The lowest BCUT2D eigenvalue weighted by Crippen LogP contribution is -2.39. The fraction of sp³-hybridized carbons (Fsp3) is 0.462. The molecule has 1 aliphatic carbocycles. The van der Waals surface area contributed by atoms with Crippen LogP contribution < -0.4 is 9.64 Å². The van der Waals surface area contributed by atoms with Crippen molar-refractivity contribution in [3.63, 3.8) is 0 Å². The summed E-state index contributed by atoms with van der Waals surface area (Å²) in [6, 6.07) is 12.1. The molecule has 0 N–H and O–H groups in total. The minimum Gasteiger partial charge on any atom is -0.492 e. The number of likely N-dealkylation sites (N-methyl/N-ethyl adjacent to an activating group) is 1. The van der Waals surface area contributed by atoms with Gasteiger partial charge in [-0.05, 0) is 69.3 Å². The molecule has 1 aliphatic rings. The summed E-state index contributed by atoms with van der Waals surface area (Å²) in [6.07, 6.45) is 1.78. The van der Waals surface area contributed by atoms with E-state index in [1.165, 1.54) is 27.8 Å². The molecule has 4 rings (SSSR count). The Hall–Kier alpha value is -2.53. The molecular formula is C26H34N4O4S2. The Morgan fingerprint density at radius 3 is 2.36 bits per heavy atom. The predicted octanol–water partition coefficient (Wildman–Crippen LogP) is 4.47. The Labute approximate surface area is 217 Å². The van der Waals surface area contributed by atoms with Crippen molar-refractivity contribution in [3.8, 4) is 5.75 Å². The molecule has 3 aromatic rings. The number of rotatable bonds is 12. The molecule has 0 spiro atoms. The van der Waals surface area contributed by atoms with Crippen LogP contribution in [0.4, 0.5) is 5.13 Å². The number of aromatic nitrogens is 1. The van der Waals surface area contributed by atoms with Gasteiger partial charge >= 0.3 is 0 Å². The van der Waals surface area contributed by atoms with Gasteiger partial charge in [0.25, 0.3) is 5.91 Å². The quantitative estimate of drug-likeness (QED) is 0.344. The van der Waals surface area contributed by atoms with Crippen LogP contribution in [0.5, 0.6) is 5.75 Å². The van der Waals surface area contributed by atoms with E-state index >= 15 is 0 Å². The van der Waals surface area contributed by atoms with E-state index in [4.69, 9.17) is 9.72 Å². The molecule has 1 saturated carbocycles. The Bertz CT molecular complexity index is 1300. The third kappa shape index (κ3) is 5.56. The van der Waals surface area contributed by atoms with E-state index in [2.05, 4.69) is 18.7 Å². The van der Waals surface area contributed by atoms with Gasteiger partial charge in [-0.2, -0.15) is 4.31 Å². The summed E-state index contributed by atoms with van der Waals surface area (Å²) in [6.45, 7) is 9.58. The number of hydrogen-bond acceptors (Lipinski definition) is 7. The highest BCUT2D eigenvalue weighted by atomic mass is 32.2. The Morgan fingerprint density at radius 2 is 1.75 bits per heavy atom. The molecule has 1 heterocycles. The fourth-order valence-electron chi connectivity index (χ4n) is 4.09. The zero-order valence-corrected chi connectivity index (χ0v) is 22.9. The van der Waals surface area contributed by atoms with Crippen molar-refractivity contribution >= 4 is 42.6 Å². The summed E-state index contributed by atoms with van der Waals surface area (Å²) in [5.74, 6) is 0.488. The number of para-hydroxylation sites is 1. The van der Waals surface area contributed by atoms with E-state index in [9.17, 15) is 13.2 Å². The van der Waals surface area contributed by atoms with Crippen LogP contribution in [-0.4, -0.2) is 74.4 Å². The van der Waals surface area contributed by atoms with Gasteiger partial charge in [0.15, 0.2) is 5.13 Å². The van der Waals surface area contributed by atoms with Crippen molar-refractivity contribution in [1.29, 1.82) is 0 Å². The van der Waals surface area contributed by atoms with Gasteiger partial charge < -0.3 is 9.64 Å². The van der Waals surface area contributed by atoms with Crippen molar-refractivity contribution in [2.75, 3.05) is 44.7 Å². The lowest BCUT2D eigenvalue weighted by Gasteiger charge is -2.25. The first-order valence-electron chi connectivity index (χ1n) is 12.4.